The number of carbonyl (C=O) groups excluding carboxylic acids is 1. The molecule has 7 heteroatoms. The third-order valence-electron chi connectivity index (χ3n) is 3.70. The van der Waals surface area contributed by atoms with Crippen LogP contribution < -0.4 is 5.32 Å². The summed E-state index contributed by atoms with van der Waals surface area (Å²) in [4.78, 5) is 24.4. The van der Waals surface area contributed by atoms with Gasteiger partial charge in [-0.3, -0.25) is 9.48 Å². The minimum absolute atomic E-state index is 0.153. The number of hydrogen-bond donors (Lipinski definition) is 2. The van der Waals surface area contributed by atoms with Crippen LogP contribution in [0.15, 0.2) is 36.5 Å². The molecule has 2 aromatic rings. The molecule has 0 fully saturated rings. The average Bonchev–Trinajstić information content (AvgIpc) is 2.94. The van der Waals surface area contributed by atoms with Crippen molar-refractivity contribution >= 4 is 12.0 Å². The lowest BCUT2D eigenvalue weighted by molar-refractivity contribution is -0.141. The van der Waals surface area contributed by atoms with Crippen LogP contribution in [-0.4, -0.2) is 45.4 Å². The lowest BCUT2D eigenvalue weighted by Gasteiger charge is -2.20. The van der Waals surface area contributed by atoms with Gasteiger partial charge in [0, 0.05) is 44.5 Å². The van der Waals surface area contributed by atoms with E-state index in [0.717, 1.165) is 16.8 Å². The van der Waals surface area contributed by atoms with Gasteiger partial charge in [0.25, 0.3) is 0 Å². The molecule has 0 saturated heterocycles. The van der Waals surface area contributed by atoms with Crippen LogP contribution in [0.25, 0.3) is 11.3 Å². The zero-order valence-electron chi connectivity index (χ0n) is 14.1. The third-order valence-corrected chi connectivity index (χ3v) is 3.70. The number of nitrogens with one attached hydrogen (secondary N) is 1. The molecular formula is C17H22N4O3. The highest BCUT2D eigenvalue weighted by Crippen LogP contribution is 2.21. The van der Waals surface area contributed by atoms with Crippen LogP contribution in [0.1, 0.15) is 12.5 Å². The van der Waals surface area contributed by atoms with Crippen molar-refractivity contribution in [2.75, 3.05) is 13.6 Å². The first-order valence-electron chi connectivity index (χ1n) is 7.68. The predicted octanol–water partition coefficient (Wildman–Crippen LogP) is 1.95. The molecule has 2 N–H and O–H groups in total. The highest BCUT2D eigenvalue weighted by Gasteiger charge is 2.18. The van der Waals surface area contributed by atoms with Gasteiger partial charge in [0.2, 0.25) is 0 Å². The Morgan fingerprint density at radius 2 is 2.00 bits per heavy atom. The fourth-order valence-electron chi connectivity index (χ4n) is 2.38. The summed E-state index contributed by atoms with van der Waals surface area (Å²) in [6.07, 6.45) is 1.86. The number of carboxylic acid groups (broad SMARTS) is 1. The monoisotopic (exact) mass is 330 g/mol. The lowest BCUT2D eigenvalue weighted by atomic mass is 10.1. The maximum absolute atomic E-state index is 12.1. The molecule has 1 unspecified atom stereocenters. The molecule has 0 saturated carbocycles. The molecule has 0 radical (unpaired) electrons. The average molecular weight is 330 g/mol. The lowest BCUT2D eigenvalue weighted by Crippen LogP contribution is -2.40. The number of aliphatic carboxylic acids is 1. The Morgan fingerprint density at radius 3 is 2.62 bits per heavy atom. The molecule has 0 aliphatic carbocycles. The van der Waals surface area contributed by atoms with Crippen LogP contribution in [0, 0.1) is 5.92 Å². The zero-order valence-corrected chi connectivity index (χ0v) is 14.1. The molecule has 7 nitrogen and oxygen atoms in total. The number of amides is 2. The van der Waals surface area contributed by atoms with Crippen molar-refractivity contribution < 1.29 is 14.7 Å². The summed E-state index contributed by atoms with van der Waals surface area (Å²) < 4.78 is 1.71. The number of benzene rings is 1. The molecule has 1 aromatic heterocycles. The van der Waals surface area contributed by atoms with Crippen LogP contribution >= 0.6 is 0 Å². The topological polar surface area (TPSA) is 87.5 Å². The summed E-state index contributed by atoms with van der Waals surface area (Å²) in [6, 6.07) is 9.43. The highest BCUT2D eigenvalue weighted by molar-refractivity contribution is 5.76. The number of carbonyl (C=O) groups is 2. The van der Waals surface area contributed by atoms with Crippen molar-refractivity contribution in [3.63, 3.8) is 0 Å². The van der Waals surface area contributed by atoms with Gasteiger partial charge in [-0.05, 0) is 0 Å². The number of hydrogen-bond acceptors (Lipinski definition) is 3. The van der Waals surface area contributed by atoms with Crippen molar-refractivity contribution in [1.82, 2.24) is 20.0 Å². The number of rotatable bonds is 6. The van der Waals surface area contributed by atoms with Gasteiger partial charge in [0.1, 0.15) is 0 Å². The molecule has 1 atom stereocenters. The minimum Gasteiger partial charge on any atom is -0.481 e. The van der Waals surface area contributed by atoms with E-state index in [9.17, 15) is 9.59 Å². The zero-order chi connectivity index (χ0) is 17.7. The van der Waals surface area contributed by atoms with Crippen LogP contribution in [0.3, 0.4) is 0 Å². The SMILES string of the molecule is CC(CN(C)C(=O)NCc1cn(C)nc1-c1ccccc1)C(=O)O. The quantitative estimate of drug-likeness (QED) is 0.847. The second-order valence-electron chi connectivity index (χ2n) is 5.82. The van der Waals surface area contributed by atoms with E-state index in [-0.39, 0.29) is 12.6 Å². The standard InChI is InChI=1S/C17H22N4O3/c1-12(16(22)23)10-20(2)17(24)18-9-14-11-21(3)19-15(14)13-7-5-4-6-8-13/h4-8,11-12H,9-10H2,1-3H3,(H,18,24)(H,22,23). The molecule has 0 aliphatic rings. The van der Waals surface area contributed by atoms with Crippen molar-refractivity contribution in [2.24, 2.45) is 13.0 Å². The van der Waals surface area contributed by atoms with Crippen molar-refractivity contribution in [2.45, 2.75) is 13.5 Å². The molecule has 128 valence electrons. The summed E-state index contributed by atoms with van der Waals surface area (Å²) in [6.45, 7) is 2.04. The van der Waals surface area contributed by atoms with Gasteiger partial charge in [-0.15, -0.1) is 0 Å². The van der Waals surface area contributed by atoms with Crippen molar-refractivity contribution in [3.8, 4) is 11.3 Å². The van der Waals surface area contributed by atoms with Gasteiger partial charge in [0.15, 0.2) is 0 Å². The molecule has 0 aliphatic heterocycles. The molecule has 2 amide bonds. The van der Waals surface area contributed by atoms with Crippen LogP contribution in [-0.2, 0) is 18.4 Å². The molecule has 0 bridgehead atoms. The Balaban J connectivity index is 2.02. The van der Waals surface area contributed by atoms with Crippen LogP contribution in [0.4, 0.5) is 4.79 Å². The third kappa shape index (κ3) is 4.34. The van der Waals surface area contributed by atoms with Gasteiger partial charge in [0.05, 0.1) is 11.6 Å². The molecule has 1 heterocycles. The van der Waals surface area contributed by atoms with Gasteiger partial charge < -0.3 is 15.3 Å². The molecule has 24 heavy (non-hydrogen) atoms. The fourth-order valence-corrected chi connectivity index (χ4v) is 2.38. The number of urea groups is 1. The first kappa shape index (κ1) is 17.5. The van der Waals surface area contributed by atoms with E-state index in [1.807, 2.05) is 43.6 Å². The maximum atomic E-state index is 12.1. The molecular weight excluding hydrogens is 308 g/mol. The Morgan fingerprint density at radius 1 is 1.33 bits per heavy atom. The van der Waals surface area contributed by atoms with Crippen LogP contribution in [0.5, 0.6) is 0 Å². The van der Waals surface area contributed by atoms with E-state index in [2.05, 4.69) is 10.4 Å². The van der Waals surface area contributed by atoms with E-state index >= 15 is 0 Å². The number of nitrogens with zero attached hydrogens (tertiary/aromatic N) is 3. The largest absolute Gasteiger partial charge is 0.481 e. The van der Waals surface area contributed by atoms with Gasteiger partial charge in [-0.25, -0.2) is 4.79 Å². The summed E-state index contributed by atoms with van der Waals surface area (Å²) in [5.41, 5.74) is 2.70. The number of aromatic nitrogens is 2. The molecule has 0 spiro atoms. The second kappa shape index (κ2) is 7.63. The molecule has 2 rings (SSSR count). The first-order valence-corrected chi connectivity index (χ1v) is 7.68. The summed E-state index contributed by atoms with van der Waals surface area (Å²) in [7, 11) is 3.41. The first-order chi connectivity index (χ1) is 11.4. The predicted molar refractivity (Wildman–Crippen MR) is 90.3 cm³/mol. The van der Waals surface area contributed by atoms with Gasteiger partial charge in [-0.1, -0.05) is 37.3 Å². The summed E-state index contributed by atoms with van der Waals surface area (Å²) in [5, 5.41) is 16.2. The van der Waals surface area contributed by atoms with E-state index in [1.165, 1.54) is 4.90 Å². The van der Waals surface area contributed by atoms with Gasteiger partial charge in [-0.2, -0.15) is 5.10 Å². The second-order valence-corrected chi connectivity index (χ2v) is 5.82. The van der Waals surface area contributed by atoms with Crippen LogP contribution in [0.2, 0.25) is 0 Å². The highest BCUT2D eigenvalue weighted by atomic mass is 16.4. The maximum Gasteiger partial charge on any atom is 0.317 e. The van der Waals surface area contributed by atoms with E-state index in [4.69, 9.17) is 5.11 Å². The Kier molecular flexibility index (Phi) is 5.57. The fraction of sp³-hybridized carbons (Fsp3) is 0.353. The summed E-state index contributed by atoms with van der Waals surface area (Å²) in [5.74, 6) is -1.53. The number of aryl methyl sites for hydroxylation is 1. The minimum atomic E-state index is -0.923. The van der Waals surface area contributed by atoms with Crippen molar-refractivity contribution in [1.29, 1.82) is 0 Å². The molecule has 1 aromatic carbocycles. The van der Waals surface area contributed by atoms with E-state index in [1.54, 1.807) is 18.7 Å². The Hall–Kier alpha value is -2.83. The summed E-state index contributed by atoms with van der Waals surface area (Å²) >= 11 is 0. The number of carboxylic acids is 1. The smallest absolute Gasteiger partial charge is 0.317 e. The van der Waals surface area contributed by atoms with Gasteiger partial charge >= 0.3 is 12.0 Å². The van der Waals surface area contributed by atoms with E-state index < -0.39 is 11.9 Å². The Labute approximate surface area is 140 Å². The Bertz CT molecular complexity index is 712. The van der Waals surface area contributed by atoms with E-state index in [0.29, 0.717) is 6.54 Å². The van der Waals surface area contributed by atoms with Crippen molar-refractivity contribution in [3.05, 3.63) is 42.1 Å². The normalized spacial score (nSPS) is 11.8.